The fraction of sp³-hybridized carbons (Fsp3) is 0.520. The molecule has 3 atom stereocenters. The number of hydrogen-bond acceptors (Lipinski definition) is 7. The second-order valence-electron chi connectivity index (χ2n) is 9.07. The van der Waals surface area contributed by atoms with E-state index in [1.54, 1.807) is 29.6 Å². The number of fused-ring (bicyclic) bond motifs is 1. The molecule has 0 radical (unpaired) electrons. The van der Waals surface area contributed by atoms with E-state index >= 15 is 0 Å². The Kier molecular flexibility index (Phi) is 8.37. The molecular formula is C25H33N5O3. The smallest absolute Gasteiger partial charge is 0.259 e. The van der Waals surface area contributed by atoms with Gasteiger partial charge < -0.3 is 14.7 Å². The van der Waals surface area contributed by atoms with Gasteiger partial charge in [0.05, 0.1) is 12.6 Å². The number of nitrogens with zero attached hydrogens (tertiary/aromatic N) is 5. The Morgan fingerprint density at radius 1 is 1.27 bits per heavy atom. The largest absolute Gasteiger partial charge is 0.472 e. The van der Waals surface area contributed by atoms with Crippen molar-refractivity contribution in [3.63, 3.8) is 0 Å². The van der Waals surface area contributed by atoms with E-state index in [4.69, 9.17) is 4.74 Å². The molecule has 1 N–H and O–H groups in total. The van der Waals surface area contributed by atoms with Crippen LogP contribution in [-0.4, -0.2) is 74.7 Å². The van der Waals surface area contributed by atoms with Gasteiger partial charge in [-0.05, 0) is 20.0 Å². The van der Waals surface area contributed by atoms with E-state index in [1.807, 2.05) is 27.8 Å². The zero-order chi connectivity index (χ0) is 24.0. The van der Waals surface area contributed by atoms with Crippen LogP contribution in [0, 0.1) is 23.7 Å². The predicted octanol–water partition coefficient (Wildman–Crippen LogP) is 2.23. The van der Waals surface area contributed by atoms with E-state index in [0.717, 1.165) is 5.56 Å². The first-order chi connectivity index (χ1) is 15.8. The highest BCUT2D eigenvalue weighted by Gasteiger charge is 2.34. The molecule has 2 aromatic heterocycles. The van der Waals surface area contributed by atoms with Gasteiger partial charge in [-0.2, -0.15) is 0 Å². The fourth-order valence-electron chi connectivity index (χ4n) is 3.71. The van der Waals surface area contributed by atoms with Crippen LogP contribution in [-0.2, 0) is 6.54 Å². The van der Waals surface area contributed by atoms with Crippen LogP contribution < -0.4 is 4.74 Å². The van der Waals surface area contributed by atoms with Crippen LogP contribution in [0.25, 0.3) is 0 Å². The van der Waals surface area contributed by atoms with Gasteiger partial charge in [0, 0.05) is 61.2 Å². The molecule has 8 heteroatoms. The third-order valence-electron chi connectivity index (χ3n) is 5.58. The van der Waals surface area contributed by atoms with E-state index in [1.165, 1.54) is 6.33 Å². The van der Waals surface area contributed by atoms with Crippen molar-refractivity contribution < 1.29 is 14.6 Å². The van der Waals surface area contributed by atoms with Crippen molar-refractivity contribution in [3.8, 4) is 17.7 Å². The molecule has 8 nitrogen and oxygen atoms in total. The summed E-state index contributed by atoms with van der Waals surface area (Å²) < 4.78 is 6.33. The van der Waals surface area contributed by atoms with Crippen molar-refractivity contribution in [1.82, 2.24) is 24.8 Å². The van der Waals surface area contributed by atoms with Gasteiger partial charge >= 0.3 is 0 Å². The van der Waals surface area contributed by atoms with Crippen molar-refractivity contribution in [1.29, 1.82) is 0 Å². The first-order valence-electron chi connectivity index (χ1n) is 11.3. The van der Waals surface area contributed by atoms with Gasteiger partial charge in [0.15, 0.2) is 0 Å². The molecule has 0 aromatic carbocycles. The van der Waals surface area contributed by atoms with E-state index < -0.39 is 0 Å². The summed E-state index contributed by atoms with van der Waals surface area (Å²) in [5, 5.41) is 9.79. The van der Waals surface area contributed by atoms with Gasteiger partial charge in [0.25, 0.3) is 5.91 Å². The van der Waals surface area contributed by atoms with Crippen molar-refractivity contribution in [3.05, 3.63) is 47.7 Å². The normalized spacial score (nSPS) is 19.3. The molecule has 3 rings (SSSR count). The van der Waals surface area contributed by atoms with Gasteiger partial charge in [-0.25, -0.2) is 15.0 Å². The van der Waals surface area contributed by atoms with Gasteiger partial charge in [0.1, 0.15) is 18.0 Å². The predicted molar refractivity (Wildman–Crippen MR) is 125 cm³/mol. The quantitative estimate of drug-likeness (QED) is 0.674. The average molecular weight is 452 g/mol. The van der Waals surface area contributed by atoms with Crippen LogP contribution in [0.1, 0.15) is 49.2 Å². The minimum absolute atomic E-state index is 0.0211. The molecule has 33 heavy (non-hydrogen) atoms. The van der Waals surface area contributed by atoms with E-state index in [-0.39, 0.29) is 36.5 Å². The molecule has 0 aliphatic carbocycles. The lowest BCUT2D eigenvalue weighted by Gasteiger charge is -2.37. The molecule has 3 heterocycles. The Labute approximate surface area is 196 Å². The second-order valence-corrected chi connectivity index (χ2v) is 9.07. The maximum Gasteiger partial charge on any atom is 0.259 e. The number of aliphatic hydroxyl groups is 1. The van der Waals surface area contributed by atoms with Crippen LogP contribution in [0.15, 0.2) is 31.0 Å². The Balaban J connectivity index is 1.91. The highest BCUT2D eigenvalue weighted by atomic mass is 16.5. The zero-order valence-corrected chi connectivity index (χ0v) is 20.0. The number of pyridine rings is 1. The van der Waals surface area contributed by atoms with Gasteiger partial charge in [0.2, 0.25) is 5.88 Å². The maximum atomic E-state index is 13.4. The van der Waals surface area contributed by atoms with Gasteiger partial charge in [-0.1, -0.05) is 32.6 Å². The molecule has 0 bridgehead atoms. The van der Waals surface area contributed by atoms with Crippen LogP contribution in [0.3, 0.4) is 0 Å². The molecule has 1 amide bonds. The number of carbonyl (C=O) groups is 1. The number of amides is 1. The highest BCUT2D eigenvalue weighted by Crippen LogP contribution is 2.27. The summed E-state index contributed by atoms with van der Waals surface area (Å²) in [5.74, 6) is 6.52. The first-order valence-corrected chi connectivity index (χ1v) is 11.3. The lowest BCUT2D eigenvalue weighted by molar-refractivity contribution is 0.0325. The number of carbonyl (C=O) groups excluding carboxylic acids is 1. The average Bonchev–Trinajstić information content (AvgIpc) is 2.80. The Hall–Kier alpha value is -3.02. The van der Waals surface area contributed by atoms with Crippen molar-refractivity contribution in [2.45, 2.75) is 46.4 Å². The van der Waals surface area contributed by atoms with Crippen LogP contribution >= 0.6 is 0 Å². The monoisotopic (exact) mass is 451 g/mol. The lowest BCUT2D eigenvalue weighted by atomic mass is 9.99. The summed E-state index contributed by atoms with van der Waals surface area (Å²) in [6.07, 6.45) is 6.55. The number of hydrogen-bond donors (Lipinski definition) is 1. The summed E-state index contributed by atoms with van der Waals surface area (Å²) >= 11 is 0. The van der Waals surface area contributed by atoms with Gasteiger partial charge in [-0.15, -0.1) is 0 Å². The van der Waals surface area contributed by atoms with Gasteiger partial charge in [-0.3, -0.25) is 9.69 Å². The van der Waals surface area contributed by atoms with E-state index in [0.29, 0.717) is 36.6 Å². The molecule has 0 fully saturated rings. The Morgan fingerprint density at radius 3 is 2.67 bits per heavy atom. The molecule has 1 aliphatic rings. The molecule has 0 saturated carbocycles. The molecule has 176 valence electrons. The fourth-order valence-corrected chi connectivity index (χ4v) is 3.71. The molecule has 2 aromatic rings. The van der Waals surface area contributed by atoms with E-state index in [2.05, 4.69) is 38.6 Å². The zero-order valence-electron chi connectivity index (χ0n) is 20.0. The summed E-state index contributed by atoms with van der Waals surface area (Å²) in [5.41, 5.74) is 2.06. The number of aromatic nitrogens is 3. The summed E-state index contributed by atoms with van der Waals surface area (Å²) in [4.78, 5) is 29.9. The summed E-state index contributed by atoms with van der Waals surface area (Å²) in [7, 11) is 2.01. The standard InChI is InChI=1S/C25H33N5O3/c1-17(2)6-7-20-8-22-24(28-11-20)33-23(14-29(5)13-21-9-26-16-27-10-21)18(3)12-30(25(22)32)19(4)15-31/h8-11,16-19,23,31H,12-15H2,1-5H3/t18-,19+,23-/m1/s1. The van der Waals surface area contributed by atoms with Crippen molar-refractivity contribution in [2.75, 3.05) is 26.7 Å². The number of rotatable bonds is 6. The lowest BCUT2D eigenvalue weighted by Crippen LogP contribution is -2.49. The molecule has 0 saturated heterocycles. The number of aliphatic hydroxyl groups excluding tert-OH is 1. The SMILES string of the molecule is CC(C)C#Cc1cnc2c(c1)C(=O)N([C@@H](C)CO)C[C@@H](C)[C@@H](CN(C)Cc1cncnc1)O2. The topological polar surface area (TPSA) is 91.7 Å². The summed E-state index contributed by atoms with van der Waals surface area (Å²) in [6.45, 7) is 9.58. The Bertz CT molecular complexity index is 1000. The molecular weight excluding hydrogens is 418 g/mol. The van der Waals surface area contributed by atoms with Crippen molar-refractivity contribution >= 4 is 5.91 Å². The minimum atomic E-state index is -0.323. The molecule has 0 unspecified atom stereocenters. The third-order valence-corrected chi connectivity index (χ3v) is 5.58. The van der Waals surface area contributed by atoms with Crippen LogP contribution in [0.5, 0.6) is 5.88 Å². The number of ether oxygens (including phenoxy) is 1. The van der Waals surface area contributed by atoms with Crippen LogP contribution in [0.4, 0.5) is 0 Å². The summed E-state index contributed by atoms with van der Waals surface area (Å²) in [6, 6.07) is 1.42. The molecule has 1 aliphatic heterocycles. The Morgan fingerprint density at radius 2 is 2.00 bits per heavy atom. The maximum absolute atomic E-state index is 13.4. The molecule has 0 spiro atoms. The third kappa shape index (κ3) is 6.50. The first kappa shape index (κ1) is 24.6. The second kappa shape index (κ2) is 11.2. The number of likely N-dealkylation sites (N-methyl/N-ethyl adjacent to an activating group) is 1. The minimum Gasteiger partial charge on any atom is -0.472 e. The highest BCUT2D eigenvalue weighted by molar-refractivity contribution is 5.97. The van der Waals surface area contributed by atoms with Crippen LogP contribution in [0.2, 0.25) is 0 Å². The van der Waals surface area contributed by atoms with E-state index in [9.17, 15) is 9.90 Å². The van der Waals surface area contributed by atoms with Crippen molar-refractivity contribution in [2.24, 2.45) is 11.8 Å².